The number of hydrogen-bond acceptors (Lipinski definition) is 2. The molecule has 0 radical (unpaired) electrons. The van der Waals surface area contributed by atoms with Crippen LogP contribution < -0.4 is 5.43 Å². The molecule has 0 atom stereocenters. The third-order valence-electron chi connectivity index (χ3n) is 2.40. The van der Waals surface area contributed by atoms with E-state index in [1.54, 1.807) is 5.01 Å². The quantitative estimate of drug-likeness (QED) is 0.833. The van der Waals surface area contributed by atoms with Gasteiger partial charge in [-0.2, -0.15) is 0 Å². The lowest BCUT2D eigenvalue weighted by Crippen LogP contribution is -2.46. The van der Waals surface area contributed by atoms with Gasteiger partial charge in [-0.05, 0) is 24.1 Å². The Bertz CT molecular complexity index is 367. The highest BCUT2D eigenvalue weighted by molar-refractivity contribution is 6.30. The number of rotatable bonds is 2. The lowest BCUT2D eigenvalue weighted by atomic mass is 10.2. The highest BCUT2D eigenvalue weighted by atomic mass is 35.5. The van der Waals surface area contributed by atoms with Crippen molar-refractivity contribution in [1.29, 1.82) is 0 Å². The van der Waals surface area contributed by atoms with E-state index in [-0.39, 0.29) is 5.91 Å². The summed E-state index contributed by atoms with van der Waals surface area (Å²) in [5.74, 6) is 0.154. The van der Waals surface area contributed by atoms with Crippen LogP contribution in [0.2, 0.25) is 5.02 Å². The minimum absolute atomic E-state index is 0.154. The Morgan fingerprint density at radius 1 is 1.47 bits per heavy atom. The minimum Gasteiger partial charge on any atom is -0.274 e. The normalized spacial score (nSPS) is 16.9. The zero-order valence-electron chi connectivity index (χ0n) is 8.37. The van der Waals surface area contributed by atoms with Gasteiger partial charge < -0.3 is 0 Å². The molecule has 1 aromatic rings. The maximum Gasteiger partial charge on any atom is 0.237 e. The summed E-state index contributed by atoms with van der Waals surface area (Å²) < 4.78 is 0. The third kappa shape index (κ3) is 2.70. The van der Waals surface area contributed by atoms with Crippen molar-refractivity contribution in [2.45, 2.75) is 19.4 Å². The first-order valence-corrected chi connectivity index (χ1v) is 5.42. The first-order valence-electron chi connectivity index (χ1n) is 5.04. The van der Waals surface area contributed by atoms with Crippen molar-refractivity contribution >= 4 is 17.5 Å². The Kier molecular flexibility index (Phi) is 3.23. The first-order chi connectivity index (χ1) is 7.25. The van der Waals surface area contributed by atoms with Crippen molar-refractivity contribution in [2.24, 2.45) is 0 Å². The van der Waals surface area contributed by atoms with Gasteiger partial charge in [0.15, 0.2) is 0 Å². The predicted octanol–water partition coefficient (Wildman–Crippen LogP) is 1.97. The van der Waals surface area contributed by atoms with E-state index in [0.717, 1.165) is 18.5 Å². The van der Waals surface area contributed by atoms with E-state index in [2.05, 4.69) is 5.43 Å². The lowest BCUT2D eigenvalue weighted by Gasteiger charge is -2.27. The summed E-state index contributed by atoms with van der Waals surface area (Å²) >= 11 is 5.88. The summed E-state index contributed by atoms with van der Waals surface area (Å²) in [6, 6.07) is 7.57. The van der Waals surface area contributed by atoms with Gasteiger partial charge in [0.05, 0.1) is 6.54 Å². The highest BCUT2D eigenvalue weighted by Gasteiger charge is 2.17. The molecule has 15 heavy (non-hydrogen) atoms. The molecule has 1 heterocycles. The van der Waals surface area contributed by atoms with Crippen LogP contribution in [0, 0.1) is 0 Å². The summed E-state index contributed by atoms with van der Waals surface area (Å²) in [5, 5.41) is 2.37. The van der Waals surface area contributed by atoms with E-state index in [9.17, 15) is 4.79 Å². The monoisotopic (exact) mass is 224 g/mol. The zero-order valence-corrected chi connectivity index (χ0v) is 9.13. The molecule has 2 rings (SSSR count). The summed E-state index contributed by atoms with van der Waals surface area (Å²) in [5.41, 5.74) is 4.12. The smallest absolute Gasteiger partial charge is 0.237 e. The van der Waals surface area contributed by atoms with Gasteiger partial charge in [-0.15, -0.1) is 0 Å². The van der Waals surface area contributed by atoms with Crippen molar-refractivity contribution < 1.29 is 4.79 Å². The standard InChI is InChI=1S/C11H13ClN2O/c12-10-4-1-3-9(7-10)8-14-11(15)5-2-6-13-14/h1,3-4,7,13H,2,5-6,8H2. The molecule has 0 aromatic heterocycles. The number of carbonyl (C=O) groups is 1. The minimum atomic E-state index is 0.154. The van der Waals surface area contributed by atoms with Gasteiger partial charge in [-0.25, -0.2) is 5.43 Å². The summed E-state index contributed by atoms with van der Waals surface area (Å²) in [7, 11) is 0. The van der Waals surface area contributed by atoms with Gasteiger partial charge in [-0.3, -0.25) is 9.80 Å². The molecular formula is C11H13ClN2O. The number of amides is 1. The maximum absolute atomic E-state index is 11.5. The molecule has 4 heteroatoms. The van der Waals surface area contributed by atoms with Gasteiger partial charge in [-0.1, -0.05) is 23.7 Å². The number of nitrogens with one attached hydrogen (secondary N) is 1. The molecule has 1 aliphatic heterocycles. The van der Waals surface area contributed by atoms with E-state index in [1.165, 1.54) is 0 Å². The number of hydrogen-bond donors (Lipinski definition) is 1. The Labute approximate surface area is 94.0 Å². The number of benzene rings is 1. The predicted molar refractivity (Wildman–Crippen MR) is 59.2 cm³/mol. The zero-order chi connectivity index (χ0) is 10.7. The fourth-order valence-electron chi connectivity index (χ4n) is 1.64. The molecule has 80 valence electrons. The summed E-state index contributed by atoms with van der Waals surface area (Å²) in [6.45, 7) is 1.45. The SMILES string of the molecule is O=C1CCCNN1Cc1cccc(Cl)c1. The highest BCUT2D eigenvalue weighted by Crippen LogP contribution is 2.13. The topological polar surface area (TPSA) is 32.3 Å². The van der Waals surface area contributed by atoms with Crippen LogP contribution in [0.3, 0.4) is 0 Å². The second kappa shape index (κ2) is 4.64. The molecule has 0 saturated carbocycles. The van der Waals surface area contributed by atoms with Gasteiger partial charge in [0.1, 0.15) is 0 Å². The second-order valence-electron chi connectivity index (χ2n) is 3.62. The molecule has 1 saturated heterocycles. The van der Waals surface area contributed by atoms with Gasteiger partial charge in [0.2, 0.25) is 5.91 Å². The summed E-state index contributed by atoms with van der Waals surface area (Å²) in [4.78, 5) is 11.5. The maximum atomic E-state index is 11.5. The van der Waals surface area contributed by atoms with Crippen molar-refractivity contribution in [3.8, 4) is 0 Å². The van der Waals surface area contributed by atoms with Crippen molar-refractivity contribution in [3.05, 3.63) is 34.9 Å². The average Bonchev–Trinajstić information content (AvgIpc) is 2.22. The number of halogens is 1. The fraction of sp³-hybridized carbons (Fsp3) is 0.364. The van der Waals surface area contributed by atoms with Crippen LogP contribution in [0.25, 0.3) is 0 Å². The van der Waals surface area contributed by atoms with Crippen LogP contribution in [0.4, 0.5) is 0 Å². The van der Waals surface area contributed by atoms with Crippen molar-refractivity contribution in [1.82, 2.24) is 10.4 Å². The lowest BCUT2D eigenvalue weighted by molar-refractivity contribution is -0.137. The molecule has 1 aromatic carbocycles. The molecule has 3 nitrogen and oxygen atoms in total. The molecule has 1 N–H and O–H groups in total. The van der Waals surface area contributed by atoms with Gasteiger partial charge in [0.25, 0.3) is 0 Å². The van der Waals surface area contributed by atoms with E-state index in [0.29, 0.717) is 18.0 Å². The second-order valence-corrected chi connectivity index (χ2v) is 4.06. The number of carbonyl (C=O) groups excluding carboxylic acids is 1. The van der Waals surface area contributed by atoms with E-state index in [1.807, 2.05) is 24.3 Å². The first kappa shape index (κ1) is 10.5. The molecule has 0 spiro atoms. The van der Waals surface area contributed by atoms with E-state index in [4.69, 9.17) is 11.6 Å². The van der Waals surface area contributed by atoms with Crippen LogP contribution in [0.5, 0.6) is 0 Å². The third-order valence-corrected chi connectivity index (χ3v) is 2.64. The van der Waals surface area contributed by atoms with E-state index < -0.39 is 0 Å². The Morgan fingerprint density at radius 3 is 3.07 bits per heavy atom. The van der Waals surface area contributed by atoms with E-state index >= 15 is 0 Å². The van der Waals surface area contributed by atoms with Crippen LogP contribution in [0.15, 0.2) is 24.3 Å². The molecule has 0 bridgehead atoms. The largest absolute Gasteiger partial charge is 0.274 e. The molecule has 1 aliphatic rings. The van der Waals surface area contributed by atoms with Crippen molar-refractivity contribution in [3.63, 3.8) is 0 Å². The Morgan fingerprint density at radius 2 is 2.33 bits per heavy atom. The fourth-order valence-corrected chi connectivity index (χ4v) is 1.85. The molecule has 0 aliphatic carbocycles. The molecule has 0 unspecified atom stereocenters. The number of nitrogens with zero attached hydrogens (tertiary/aromatic N) is 1. The summed E-state index contributed by atoms with van der Waals surface area (Å²) in [6.07, 6.45) is 1.55. The molecule has 1 fully saturated rings. The Hall–Kier alpha value is -1.06. The Balaban J connectivity index is 2.04. The average molecular weight is 225 g/mol. The van der Waals surface area contributed by atoms with Crippen LogP contribution in [-0.2, 0) is 11.3 Å². The van der Waals surface area contributed by atoms with Crippen LogP contribution in [-0.4, -0.2) is 17.5 Å². The number of hydrazine groups is 1. The van der Waals surface area contributed by atoms with Crippen molar-refractivity contribution in [2.75, 3.05) is 6.54 Å². The molecule has 1 amide bonds. The van der Waals surface area contributed by atoms with Gasteiger partial charge >= 0.3 is 0 Å². The van der Waals surface area contributed by atoms with Crippen LogP contribution >= 0.6 is 11.6 Å². The molecular weight excluding hydrogens is 212 g/mol. The van der Waals surface area contributed by atoms with Gasteiger partial charge in [0, 0.05) is 18.0 Å². The van der Waals surface area contributed by atoms with Crippen LogP contribution in [0.1, 0.15) is 18.4 Å².